The molecule has 0 radical (unpaired) electrons. The Kier molecular flexibility index (Phi) is 7.97. The molecule has 2 aliphatic heterocycles. The number of aliphatic hydroxyl groups is 1. The highest BCUT2D eigenvalue weighted by molar-refractivity contribution is 6.31. The zero-order valence-electron chi connectivity index (χ0n) is 21.0. The highest BCUT2D eigenvalue weighted by atomic mass is 35.5. The van der Waals surface area contributed by atoms with E-state index < -0.39 is 6.10 Å². The minimum Gasteiger partial charge on any atom is -0.494 e. The quantitative estimate of drug-likeness (QED) is 0.393. The number of ether oxygens (including phenoxy) is 3. The molecule has 3 aromatic rings. The third-order valence-electron chi connectivity index (χ3n) is 7.68. The smallest absolute Gasteiger partial charge is 0.119 e. The van der Waals surface area contributed by atoms with Crippen LogP contribution in [0.1, 0.15) is 61.2 Å². The molecule has 0 amide bonds. The topological polar surface area (TPSA) is 47.9 Å². The molecular formula is C31H35ClO4. The average molecular weight is 507 g/mol. The lowest BCUT2D eigenvalue weighted by Gasteiger charge is -2.43. The van der Waals surface area contributed by atoms with E-state index in [1.807, 2.05) is 49.4 Å². The summed E-state index contributed by atoms with van der Waals surface area (Å²) in [4.78, 5) is 0. The van der Waals surface area contributed by atoms with E-state index >= 15 is 0 Å². The summed E-state index contributed by atoms with van der Waals surface area (Å²) in [7, 11) is 0. The molecule has 1 N–H and O–H groups in total. The molecule has 6 unspecified atom stereocenters. The molecular weight excluding hydrogens is 472 g/mol. The predicted octanol–water partition coefficient (Wildman–Crippen LogP) is 6.93. The van der Waals surface area contributed by atoms with Gasteiger partial charge in [-0.05, 0) is 66.6 Å². The highest BCUT2D eigenvalue weighted by Gasteiger charge is 2.45. The van der Waals surface area contributed by atoms with Crippen LogP contribution in [0.2, 0.25) is 5.02 Å². The maximum Gasteiger partial charge on any atom is 0.119 e. The van der Waals surface area contributed by atoms with Crippen LogP contribution in [-0.4, -0.2) is 30.5 Å². The molecule has 5 rings (SSSR count). The number of rotatable bonds is 6. The first-order chi connectivity index (χ1) is 17.5. The van der Waals surface area contributed by atoms with Crippen molar-refractivity contribution in [3.05, 3.63) is 100 Å². The maximum absolute atomic E-state index is 11.3. The number of aliphatic hydroxyl groups excluding tert-OH is 1. The van der Waals surface area contributed by atoms with Crippen LogP contribution in [0.25, 0.3) is 0 Å². The van der Waals surface area contributed by atoms with Crippen molar-refractivity contribution in [1.29, 1.82) is 0 Å². The van der Waals surface area contributed by atoms with E-state index in [4.69, 9.17) is 25.8 Å². The Bertz CT molecular complexity index is 1130. The van der Waals surface area contributed by atoms with Crippen LogP contribution in [-0.2, 0) is 15.9 Å². The van der Waals surface area contributed by atoms with E-state index in [9.17, 15) is 5.11 Å². The SMILES string of the molecule is CCOc1ccc(Cc2cc(C3OC4COC(c5ccccc5)CCC4C(O)C3C)ccc2Cl)cc1. The van der Waals surface area contributed by atoms with E-state index in [0.717, 1.165) is 41.2 Å². The molecule has 0 bridgehead atoms. The molecule has 0 aliphatic carbocycles. The van der Waals surface area contributed by atoms with Gasteiger partial charge in [-0.1, -0.05) is 73.1 Å². The number of hydrogen-bond acceptors (Lipinski definition) is 4. The largest absolute Gasteiger partial charge is 0.494 e. The molecule has 2 heterocycles. The maximum atomic E-state index is 11.3. The van der Waals surface area contributed by atoms with Crippen LogP contribution in [0.3, 0.4) is 0 Å². The van der Waals surface area contributed by atoms with Crippen LogP contribution >= 0.6 is 11.6 Å². The van der Waals surface area contributed by atoms with E-state index in [0.29, 0.717) is 13.2 Å². The van der Waals surface area contributed by atoms with Gasteiger partial charge in [0.15, 0.2) is 0 Å². The van der Waals surface area contributed by atoms with Gasteiger partial charge in [0.1, 0.15) is 5.75 Å². The lowest BCUT2D eigenvalue weighted by Crippen LogP contribution is -2.47. The number of halogens is 1. The van der Waals surface area contributed by atoms with E-state index in [-0.39, 0.29) is 30.1 Å². The van der Waals surface area contributed by atoms with E-state index in [2.05, 4.69) is 37.3 Å². The lowest BCUT2D eigenvalue weighted by atomic mass is 9.77. The van der Waals surface area contributed by atoms with Crippen molar-refractivity contribution in [3.63, 3.8) is 0 Å². The highest BCUT2D eigenvalue weighted by Crippen LogP contribution is 2.44. The summed E-state index contributed by atoms with van der Waals surface area (Å²) < 4.78 is 18.5. The van der Waals surface area contributed by atoms with Crippen molar-refractivity contribution in [2.75, 3.05) is 13.2 Å². The second-order valence-corrected chi connectivity index (χ2v) is 10.4. The van der Waals surface area contributed by atoms with Gasteiger partial charge in [-0.15, -0.1) is 0 Å². The van der Waals surface area contributed by atoms with Crippen molar-refractivity contribution in [1.82, 2.24) is 0 Å². The third kappa shape index (κ3) is 5.47. The van der Waals surface area contributed by atoms with Gasteiger partial charge < -0.3 is 19.3 Å². The Hall–Kier alpha value is -2.37. The summed E-state index contributed by atoms with van der Waals surface area (Å²) in [6.07, 6.45) is 1.73. The zero-order chi connectivity index (χ0) is 25.1. The minimum atomic E-state index is -0.447. The van der Waals surface area contributed by atoms with Gasteiger partial charge in [-0.3, -0.25) is 0 Å². The van der Waals surface area contributed by atoms with E-state index in [1.54, 1.807) is 0 Å². The van der Waals surface area contributed by atoms with Crippen LogP contribution in [0, 0.1) is 11.8 Å². The van der Waals surface area contributed by atoms with Gasteiger partial charge in [0, 0.05) is 16.9 Å². The monoisotopic (exact) mass is 506 g/mol. The van der Waals surface area contributed by atoms with Gasteiger partial charge in [0.05, 0.1) is 37.6 Å². The Balaban J connectivity index is 1.33. The van der Waals surface area contributed by atoms with Crippen LogP contribution < -0.4 is 4.74 Å². The van der Waals surface area contributed by atoms with Gasteiger partial charge in [0.2, 0.25) is 0 Å². The molecule has 3 aromatic carbocycles. The Morgan fingerprint density at radius 1 is 0.972 bits per heavy atom. The molecule has 0 aromatic heterocycles. The molecule has 36 heavy (non-hydrogen) atoms. The number of fused-ring (bicyclic) bond motifs is 1. The molecule has 2 fully saturated rings. The molecule has 190 valence electrons. The summed E-state index contributed by atoms with van der Waals surface area (Å²) >= 11 is 6.60. The molecule has 2 saturated heterocycles. The number of hydrogen-bond donors (Lipinski definition) is 1. The van der Waals surface area contributed by atoms with Crippen molar-refractivity contribution < 1.29 is 19.3 Å². The van der Waals surface area contributed by atoms with Crippen LogP contribution in [0.4, 0.5) is 0 Å². The average Bonchev–Trinajstić information content (AvgIpc) is 3.12. The molecule has 0 saturated carbocycles. The lowest BCUT2D eigenvalue weighted by molar-refractivity contribution is -0.183. The van der Waals surface area contributed by atoms with Crippen molar-refractivity contribution in [2.24, 2.45) is 11.8 Å². The van der Waals surface area contributed by atoms with Gasteiger partial charge in [-0.25, -0.2) is 0 Å². The summed E-state index contributed by atoms with van der Waals surface area (Å²) in [6, 6.07) is 24.6. The fourth-order valence-corrected chi connectivity index (χ4v) is 5.85. The van der Waals surface area contributed by atoms with Crippen molar-refractivity contribution in [3.8, 4) is 5.75 Å². The first-order valence-electron chi connectivity index (χ1n) is 13.0. The fraction of sp³-hybridized carbons (Fsp3) is 0.419. The van der Waals surface area contributed by atoms with Crippen LogP contribution in [0.5, 0.6) is 5.75 Å². The third-order valence-corrected chi connectivity index (χ3v) is 8.05. The standard InChI is InChI=1S/C31H35ClO4/c1-3-34-25-12-9-21(10-13-25)17-24-18-23(11-15-27(24)32)31-20(2)30(33)26-14-16-28(35-19-29(26)36-31)22-7-5-4-6-8-22/h4-13,15,18,20,26,28-31,33H,3,14,16-17,19H2,1-2H3. The summed E-state index contributed by atoms with van der Waals surface area (Å²) in [5.41, 5.74) is 4.45. The molecule has 4 nitrogen and oxygen atoms in total. The minimum absolute atomic E-state index is 0.0287. The second kappa shape index (κ2) is 11.4. The summed E-state index contributed by atoms with van der Waals surface area (Å²) in [6.45, 7) is 5.21. The van der Waals surface area contributed by atoms with Crippen LogP contribution in [0.15, 0.2) is 72.8 Å². The Morgan fingerprint density at radius 2 is 1.75 bits per heavy atom. The molecule has 5 heteroatoms. The normalized spacial score (nSPS) is 28.2. The van der Waals surface area contributed by atoms with Gasteiger partial charge >= 0.3 is 0 Å². The van der Waals surface area contributed by atoms with Crippen molar-refractivity contribution in [2.45, 2.75) is 57.5 Å². The molecule has 2 aliphatic rings. The predicted molar refractivity (Wildman–Crippen MR) is 143 cm³/mol. The Morgan fingerprint density at radius 3 is 2.50 bits per heavy atom. The fourth-order valence-electron chi connectivity index (χ4n) is 5.67. The van der Waals surface area contributed by atoms with Crippen molar-refractivity contribution >= 4 is 11.6 Å². The first kappa shape index (κ1) is 25.3. The van der Waals surface area contributed by atoms with Gasteiger partial charge in [-0.2, -0.15) is 0 Å². The summed E-state index contributed by atoms with van der Waals surface area (Å²) in [5, 5.41) is 12.1. The Labute approximate surface area is 219 Å². The molecule has 6 atom stereocenters. The number of benzene rings is 3. The second-order valence-electron chi connectivity index (χ2n) is 10.0. The van der Waals surface area contributed by atoms with Gasteiger partial charge in [0.25, 0.3) is 0 Å². The molecule has 0 spiro atoms. The zero-order valence-corrected chi connectivity index (χ0v) is 21.7. The van der Waals surface area contributed by atoms with E-state index in [1.165, 1.54) is 11.1 Å². The summed E-state index contributed by atoms with van der Waals surface area (Å²) in [5.74, 6) is 0.911. The first-order valence-corrected chi connectivity index (χ1v) is 13.4.